The van der Waals surface area contributed by atoms with Crippen molar-refractivity contribution in [2.75, 3.05) is 10.6 Å². The lowest BCUT2D eigenvalue weighted by Crippen LogP contribution is -2.40. The van der Waals surface area contributed by atoms with Crippen LogP contribution >= 0.6 is 35.4 Å². The molecule has 9 heteroatoms. The smallest absolute Gasteiger partial charge is 0.229 e. The quantitative estimate of drug-likeness (QED) is 0.353. The van der Waals surface area contributed by atoms with Crippen molar-refractivity contribution in [3.63, 3.8) is 0 Å². The Balaban J connectivity index is 1.75. The first-order chi connectivity index (χ1) is 13.4. The molecule has 0 aliphatic heterocycles. The zero-order valence-corrected chi connectivity index (χ0v) is 18.0. The number of aliphatic imine (C=N–C) groups is 1. The number of halogens is 2. The van der Waals surface area contributed by atoms with Crippen LogP contribution in [-0.2, 0) is 0 Å². The van der Waals surface area contributed by atoms with Crippen LogP contribution in [0.5, 0.6) is 0 Å². The molecule has 0 saturated heterocycles. The van der Waals surface area contributed by atoms with Crippen molar-refractivity contribution in [1.82, 2.24) is 15.3 Å². The molecule has 1 aliphatic carbocycles. The van der Waals surface area contributed by atoms with Crippen molar-refractivity contribution >= 4 is 58.1 Å². The van der Waals surface area contributed by atoms with Gasteiger partial charge in [-0.3, -0.25) is 5.32 Å². The molecule has 0 amide bonds. The van der Waals surface area contributed by atoms with E-state index < -0.39 is 0 Å². The van der Waals surface area contributed by atoms with Crippen LogP contribution in [0.2, 0.25) is 10.0 Å². The van der Waals surface area contributed by atoms with Crippen molar-refractivity contribution in [1.29, 1.82) is 0 Å². The fourth-order valence-corrected chi connectivity index (χ4v) is 3.71. The van der Waals surface area contributed by atoms with Gasteiger partial charge in [-0.2, -0.15) is 0 Å². The third-order valence-corrected chi connectivity index (χ3v) is 5.01. The number of hydrogen-bond acceptors (Lipinski definition) is 4. The highest BCUT2D eigenvalue weighted by molar-refractivity contribution is 7.80. The molecular weight excluding hydrogens is 415 g/mol. The Morgan fingerprint density at radius 2 is 1.75 bits per heavy atom. The minimum Gasteiger partial charge on any atom is -0.331 e. The molecule has 0 bridgehead atoms. The lowest BCUT2D eigenvalue weighted by Gasteiger charge is -2.16. The van der Waals surface area contributed by atoms with Gasteiger partial charge in [-0.25, -0.2) is 15.0 Å². The van der Waals surface area contributed by atoms with Gasteiger partial charge in [-0.05, 0) is 63.2 Å². The van der Waals surface area contributed by atoms with E-state index in [2.05, 4.69) is 25.9 Å². The van der Waals surface area contributed by atoms with Crippen LogP contribution in [-0.4, -0.2) is 27.1 Å². The molecule has 2 aromatic rings. The van der Waals surface area contributed by atoms with E-state index in [1.807, 2.05) is 19.9 Å². The van der Waals surface area contributed by atoms with Crippen LogP contribution in [0.3, 0.4) is 0 Å². The Labute approximate surface area is 180 Å². The predicted molar refractivity (Wildman–Crippen MR) is 121 cm³/mol. The van der Waals surface area contributed by atoms with Crippen molar-refractivity contribution in [2.45, 2.75) is 45.6 Å². The van der Waals surface area contributed by atoms with Gasteiger partial charge in [0.15, 0.2) is 5.11 Å². The number of nitrogens with zero attached hydrogens (tertiary/aromatic N) is 3. The molecule has 1 saturated carbocycles. The van der Waals surface area contributed by atoms with E-state index >= 15 is 0 Å². The largest absolute Gasteiger partial charge is 0.331 e. The van der Waals surface area contributed by atoms with Gasteiger partial charge in [0.1, 0.15) is 0 Å². The van der Waals surface area contributed by atoms with Crippen molar-refractivity contribution in [3.8, 4) is 0 Å². The van der Waals surface area contributed by atoms with Crippen LogP contribution in [0, 0.1) is 13.8 Å². The van der Waals surface area contributed by atoms with E-state index in [1.54, 1.807) is 18.2 Å². The monoisotopic (exact) mass is 436 g/mol. The number of anilines is 2. The van der Waals surface area contributed by atoms with E-state index in [1.165, 1.54) is 12.8 Å². The number of rotatable bonds is 3. The first-order valence-corrected chi connectivity index (χ1v) is 10.3. The van der Waals surface area contributed by atoms with Crippen LogP contribution < -0.4 is 16.0 Å². The summed E-state index contributed by atoms with van der Waals surface area (Å²) in [6, 6.07) is 7.34. The van der Waals surface area contributed by atoms with Crippen molar-refractivity contribution in [3.05, 3.63) is 45.7 Å². The molecule has 1 aromatic heterocycles. The first-order valence-electron chi connectivity index (χ1n) is 9.09. The third kappa shape index (κ3) is 6.02. The fraction of sp³-hybridized carbons (Fsp3) is 0.368. The zero-order valence-electron chi connectivity index (χ0n) is 15.7. The van der Waals surface area contributed by atoms with Gasteiger partial charge in [-0.1, -0.05) is 36.0 Å². The Hall–Kier alpha value is -1.96. The van der Waals surface area contributed by atoms with Gasteiger partial charge in [0.05, 0.1) is 16.8 Å². The summed E-state index contributed by atoms with van der Waals surface area (Å²) >= 11 is 17.6. The lowest BCUT2D eigenvalue weighted by molar-refractivity contribution is 0.703. The molecule has 1 aliphatic rings. The van der Waals surface area contributed by atoms with Crippen LogP contribution in [0.25, 0.3) is 0 Å². The standard InChI is InChI=1S/C19H22Cl2N6S/c1-11-9-12(2)23-17(22-11)26-18(24-14-5-3-4-6-14)27-19(28)25-16-8-7-13(20)10-15(16)21/h7-10,14H,3-6H2,1-2H3,(H3,22,23,24,25,26,27,28). The Bertz CT molecular complexity index is 876. The fourth-order valence-electron chi connectivity index (χ4n) is 3.05. The summed E-state index contributed by atoms with van der Waals surface area (Å²) in [5, 5.41) is 10.7. The number of thiocarbonyl (C=S) groups is 1. The summed E-state index contributed by atoms with van der Waals surface area (Å²) in [5.74, 6) is 0.994. The van der Waals surface area contributed by atoms with E-state index in [9.17, 15) is 0 Å². The topological polar surface area (TPSA) is 74.2 Å². The molecular formula is C19H22Cl2N6S. The second-order valence-electron chi connectivity index (χ2n) is 6.72. The maximum atomic E-state index is 6.21. The van der Waals surface area contributed by atoms with E-state index in [-0.39, 0.29) is 6.04 Å². The van der Waals surface area contributed by atoms with Crippen LogP contribution in [0.1, 0.15) is 37.1 Å². The molecule has 0 spiro atoms. The Morgan fingerprint density at radius 3 is 2.39 bits per heavy atom. The first kappa shape index (κ1) is 20.8. The third-order valence-electron chi connectivity index (χ3n) is 4.26. The molecule has 1 fully saturated rings. The number of aryl methyl sites for hydroxylation is 2. The van der Waals surface area contributed by atoms with Gasteiger partial charge >= 0.3 is 0 Å². The maximum Gasteiger partial charge on any atom is 0.229 e. The van der Waals surface area contributed by atoms with Crippen molar-refractivity contribution < 1.29 is 0 Å². The summed E-state index contributed by atoms with van der Waals surface area (Å²) in [6.45, 7) is 3.85. The minimum absolute atomic E-state index is 0.253. The molecule has 0 radical (unpaired) electrons. The lowest BCUT2D eigenvalue weighted by atomic mass is 10.3. The summed E-state index contributed by atoms with van der Waals surface area (Å²) in [4.78, 5) is 13.6. The molecule has 148 valence electrons. The molecule has 0 atom stereocenters. The molecule has 0 unspecified atom stereocenters. The van der Waals surface area contributed by atoms with Gasteiger partial charge in [0.25, 0.3) is 0 Å². The molecule has 1 aromatic carbocycles. The maximum absolute atomic E-state index is 6.21. The van der Waals surface area contributed by atoms with Crippen LogP contribution in [0.15, 0.2) is 29.3 Å². The molecule has 1 heterocycles. The minimum atomic E-state index is 0.253. The molecule has 3 rings (SSSR count). The summed E-state index contributed by atoms with van der Waals surface area (Å²) in [7, 11) is 0. The number of guanidine groups is 1. The van der Waals surface area contributed by atoms with Gasteiger partial charge < -0.3 is 10.6 Å². The average Bonchev–Trinajstić information content (AvgIpc) is 3.09. The molecule has 28 heavy (non-hydrogen) atoms. The predicted octanol–water partition coefficient (Wildman–Crippen LogP) is 5.10. The van der Waals surface area contributed by atoms with E-state index in [0.717, 1.165) is 24.2 Å². The summed E-state index contributed by atoms with van der Waals surface area (Å²) < 4.78 is 0. The zero-order chi connectivity index (χ0) is 20.1. The highest BCUT2D eigenvalue weighted by atomic mass is 35.5. The normalized spacial score (nSPS) is 14.8. The van der Waals surface area contributed by atoms with E-state index in [0.29, 0.717) is 32.8 Å². The molecule has 6 nitrogen and oxygen atoms in total. The highest BCUT2D eigenvalue weighted by Gasteiger charge is 2.16. The second kappa shape index (κ2) is 9.49. The van der Waals surface area contributed by atoms with Gasteiger partial charge in [0, 0.05) is 16.4 Å². The summed E-state index contributed by atoms with van der Waals surface area (Å²) in [6.07, 6.45) is 4.49. The van der Waals surface area contributed by atoms with Gasteiger partial charge in [0.2, 0.25) is 11.9 Å². The number of benzene rings is 1. The number of hydrogen-bond donors (Lipinski definition) is 3. The number of nitrogens with one attached hydrogen (secondary N) is 3. The highest BCUT2D eigenvalue weighted by Crippen LogP contribution is 2.25. The SMILES string of the molecule is Cc1cc(C)nc(NC(=NC2CCCC2)NC(=S)Nc2ccc(Cl)cc2Cl)n1. The average molecular weight is 437 g/mol. The Morgan fingerprint density at radius 1 is 1.07 bits per heavy atom. The van der Waals surface area contributed by atoms with E-state index in [4.69, 9.17) is 40.4 Å². The van der Waals surface area contributed by atoms with Crippen molar-refractivity contribution in [2.24, 2.45) is 4.99 Å². The number of aromatic nitrogens is 2. The second-order valence-corrected chi connectivity index (χ2v) is 7.97. The van der Waals surface area contributed by atoms with Gasteiger partial charge in [-0.15, -0.1) is 0 Å². The summed E-state index contributed by atoms with van der Waals surface area (Å²) in [5.41, 5.74) is 2.42. The molecule has 3 N–H and O–H groups in total. The van der Waals surface area contributed by atoms with Crippen LogP contribution in [0.4, 0.5) is 11.6 Å². The Kier molecular flexibility index (Phi) is 7.04.